The smallest absolute Gasteiger partial charge is 0.263 e. The molecule has 0 bridgehead atoms. The van der Waals surface area contributed by atoms with Crippen LogP contribution in [0.25, 0.3) is 0 Å². The molecule has 1 amide bonds. The van der Waals surface area contributed by atoms with Gasteiger partial charge in [0, 0.05) is 19.1 Å². The van der Waals surface area contributed by atoms with Crippen LogP contribution in [0.5, 0.6) is 5.75 Å². The van der Waals surface area contributed by atoms with Crippen molar-refractivity contribution in [1.29, 1.82) is 0 Å². The molecule has 1 unspecified atom stereocenters. The second-order valence-electron chi connectivity index (χ2n) is 6.04. The third-order valence-electron chi connectivity index (χ3n) is 3.99. The van der Waals surface area contributed by atoms with Gasteiger partial charge in [-0.1, -0.05) is 39.0 Å². The second kappa shape index (κ2) is 6.94. The molecular formula is C17H26N2O2. The fourth-order valence-electron chi connectivity index (χ4n) is 2.72. The van der Waals surface area contributed by atoms with E-state index in [1.165, 1.54) is 0 Å². The van der Waals surface area contributed by atoms with Gasteiger partial charge >= 0.3 is 0 Å². The van der Waals surface area contributed by atoms with E-state index in [9.17, 15) is 4.79 Å². The van der Waals surface area contributed by atoms with Gasteiger partial charge in [-0.2, -0.15) is 0 Å². The first kappa shape index (κ1) is 15.8. The minimum atomic E-state index is -0.421. The zero-order valence-corrected chi connectivity index (χ0v) is 13.2. The average Bonchev–Trinajstić information content (AvgIpc) is 2.91. The van der Waals surface area contributed by atoms with Gasteiger partial charge in [-0.15, -0.1) is 0 Å². The molecule has 1 aliphatic heterocycles. The van der Waals surface area contributed by atoms with Crippen LogP contribution < -0.4 is 10.5 Å². The summed E-state index contributed by atoms with van der Waals surface area (Å²) in [7, 11) is 0. The normalized spacial score (nSPS) is 19.9. The number of rotatable bonds is 5. The molecule has 116 valence electrons. The average molecular weight is 290 g/mol. The van der Waals surface area contributed by atoms with E-state index in [0.717, 1.165) is 24.3 Å². The predicted molar refractivity (Wildman–Crippen MR) is 84.4 cm³/mol. The molecule has 0 radical (unpaired) electrons. The van der Waals surface area contributed by atoms with Gasteiger partial charge in [0.15, 0.2) is 6.10 Å². The van der Waals surface area contributed by atoms with Gasteiger partial charge in [0.05, 0.1) is 0 Å². The largest absolute Gasteiger partial charge is 0.480 e. The van der Waals surface area contributed by atoms with Crippen molar-refractivity contribution in [2.24, 2.45) is 5.73 Å². The molecule has 4 nitrogen and oxygen atoms in total. The van der Waals surface area contributed by atoms with Crippen LogP contribution in [0.4, 0.5) is 0 Å². The fraction of sp³-hybridized carbons (Fsp3) is 0.588. The van der Waals surface area contributed by atoms with E-state index in [1.807, 2.05) is 30.0 Å². The van der Waals surface area contributed by atoms with E-state index in [-0.39, 0.29) is 11.9 Å². The van der Waals surface area contributed by atoms with Crippen LogP contribution in [0.3, 0.4) is 0 Å². The van der Waals surface area contributed by atoms with E-state index < -0.39 is 6.10 Å². The van der Waals surface area contributed by atoms with E-state index in [2.05, 4.69) is 19.9 Å². The summed E-state index contributed by atoms with van der Waals surface area (Å²) in [5.74, 6) is 1.24. The number of ether oxygens (including phenoxy) is 1. The lowest BCUT2D eigenvalue weighted by Gasteiger charge is -2.25. The molecule has 1 saturated heterocycles. The van der Waals surface area contributed by atoms with Crippen molar-refractivity contribution in [3.63, 3.8) is 0 Å². The van der Waals surface area contributed by atoms with Crippen LogP contribution in [-0.4, -0.2) is 36.0 Å². The van der Waals surface area contributed by atoms with E-state index in [0.29, 0.717) is 18.9 Å². The van der Waals surface area contributed by atoms with Crippen LogP contribution in [-0.2, 0) is 4.79 Å². The lowest BCUT2D eigenvalue weighted by Crippen LogP contribution is -2.41. The van der Waals surface area contributed by atoms with Crippen molar-refractivity contribution in [2.45, 2.75) is 51.7 Å². The molecule has 1 aromatic carbocycles. The van der Waals surface area contributed by atoms with Crippen LogP contribution in [0, 0.1) is 0 Å². The standard InChI is InChI=1S/C17H26N2O2/c1-4-15(17(20)19-10-9-13(18)11-19)21-16-8-6-5-7-14(16)12(2)3/h5-8,12-13,15H,4,9-11,18H2,1-3H3/t13-,15?/m1/s1. The van der Waals surface area contributed by atoms with E-state index in [4.69, 9.17) is 10.5 Å². The first-order valence-electron chi connectivity index (χ1n) is 7.82. The maximum Gasteiger partial charge on any atom is 0.263 e. The van der Waals surface area contributed by atoms with Crippen molar-refractivity contribution in [3.05, 3.63) is 29.8 Å². The Morgan fingerprint density at radius 3 is 2.71 bits per heavy atom. The Hall–Kier alpha value is -1.55. The molecule has 2 atom stereocenters. The Labute approximate surface area is 127 Å². The van der Waals surface area contributed by atoms with Crippen LogP contribution >= 0.6 is 0 Å². The number of benzene rings is 1. The molecule has 1 aliphatic rings. The Morgan fingerprint density at radius 1 is 1.43 bits per heavy atom. The lowest BCUT2D eigenvalue weighted by atomic mass is 10.0. The summed E-state index contributed by atoms with van der Waals surface area (Å²) in [6.07, 6.45) is 1.12. The molecule has 0 spiro atoms. The summed E-state index contributed by atoms with van der Waals surface area (Å²) in [6, 6.07) is 8.06. The third kappa shape index (κ3) is 3.76. The minimum Gasteiger partial charge on any atom is -0.480 e. The van der Waals surface area contributed by atoms with Gasteiger partial charge in [-0.3, -0.25) is 4.79 Å². The highest BCUT2D eigenvalue weighted by Gasteiger charge is 2.30. The van der Waals surface area contributed by atoms with Gasteiger partial charge in [0.25, 0.3) is 5.91 Å². The number of likely N-dealkylation sites (tertiary alicyclic amines) is 1. The fourth-order valence-corrected chi connectivity index (χ4v) is 2.72. The molecule has 21 heavy (non-hydrogen) atoms. The highest BCUT2D eigenvalue weighted by molar-refractivity contribution is 5.81. The van der Waals surface area contributed by atoms with E-state index in [1.54, 1.807) is 0 Å². The van der Waals surface area contributed by atoms with Crippen LogP contribution in [0.15, 0.2) is 24.3 Å². The monoisotopic (exact) mass is 290 g/mol. The Bertz CT molecular complexity index is 487. The van der Waals surface area contributed by atoms with Crippen molar-refractivity contribution in [2.75, 3.05) is 13.1 Å². The number of carbonyl (C=O) groups is 1. The van der Waals surface area contributed by atoms with Crippen molar-refractivity contribution in [3.8, 4) is 5.75 Å². The van der Waals surface area contributed by atoms with Crippen LogP contribution in [0.1, 0.15) is 45.1 Å². The Balaban J connectivity index is 2.10. The second-order valence-corrected chi connectivity index (χ2v) is 6.04. The van der Waals surface area contributed by atoms with Gasteiger partial charge < -0.3 is 15.4 Å². The maximum absolute atomic E-state index is 12.6. The highest BCUT2D eigenvalue weighted by Crippen LogP contribution is 2.27. The Morgan fingerprint density at radius 2 is 2.14 bits per heavy atom. The quantitative estimate of drug-likeness (QED) is 0.906. The topological polar surface area (TPSA) is 55.6 Å². The van der Waals surface area contributed by atoms with Crippen molar-refractivity contribution in [1.82, 2.24) is 4.90 Å². The highest BCUT2D eigenvalue weighted by atomic mass is 16.5. The summed E-state index contributed by atoms with van der Waals surface area (Å²) < 4.78 is 6.03. The summed E-state index contributed by atoms with van der Waals surface area (Å²) >= 11 is 0. The number of amides is 1. The number of hydrogen-bond donors (Lipinski definition) is 1. The molecule has 1 heterocycles. The summed E-state index contributed by atoms with van der Waals surface area (Å²) in [6.45, 7) is 7.63. The first-order valence-corrected chi connectivity index (χ1v) is 7.82. The SMILES string of the molecule is CCC(Oc1ccccc1C(C)C)C(=O)N1CC[C@@H](N)C1. The molecule has 0 saturated carbocycles. The van der Waals surface area contributed by atoms with Crippen molar-refractivity contribution >= 4 is 5.91 Å². The number of hydrogen-bond acceptors (Lipinski definition) is 3. The van der Waals surface area contributed by atoms with Gasteiger partial charge in [0.1, 0.15) is 5.75 Å². The van der Waals surface area contributed by atoms with Crippen LogP contribution in [0.2, 0.25) is 0 Å². The molecule has 4 heteroatoms. The summed E-state index contributed by atoms with van der Waals surface area (Å²) in [5, 5.41) is 0. The van der Waals surface area contributed by atoms with E-state index >= 15 is 0 Å². The molecular weight excluding hydrogens is 264 g/mol. The predicted octanol–water partition coefficient (Wildman–Crippen LogP) is 2.53. The number of carbonyl (C=O) groups excluding carboxylic acids is 1. The molecule has 1 aromatic rings. The van der Waals surface area contributed by atoms with Gasteiger partial charge in [-0.05, 0) is 30.4 Å². The molecule has 2 rings (SSSR count). The molecule has 2 N–H and O–H groups in total. The van der Waals surface area contributed by atoms with Gasteiger partial charge in [0.2, 0.25) is 0 Å². The molecule has 0 aromatic heterocycles. The summed E-state index contributed by atoms with van der Waals surface area (Å²) in [4.78, 5) is 14.4. The number of nitrogens with zero attached hydrogens (tertiary/aromatic N) is 1. The maximum atomic E-state index is 12.6. The molecule has 0 aliphatic carbocycles. The first-order chi connectivity index (χ1) is 10.0. The third-order valence-corrected chi connectivity index (χ3v) is 3.99. The lowest BCUT2D eigenvalue weighted by molar-refractivity contribution is -0.137. The van der Waals surface area contributed by atoms with Gasteiger partial charge in [-0.25, -0.2) is 0 Å². The summed E-state index contributed by atoms with van der Waals surface area (Å²) in [5.41, 5.74) is 7.03. The number of para-hydroxylation sites is 1. The minimum absolute atomic E-state index is 0.0593. The Kier molecular flexibility index (Phi) is 5.23. The molecule has 1 fully saturated rings. The number of nitrogens with two attached hydrogens (primary N) is 1. The van der Waals surface area contributed by atoms with Crippen molar-refractivity contribution < 1.29 is 9.53 Å². The zero-order chi connectivity index (χ0) is 15.4. The zero-order valence-electron chi connectivity index (χ0n) is 13.2.